The number of rotatable bonds is 18. The van der Waals surface area contributed by atoms with Crippen LogP contribution in [0.1, 0.15) is 117 Å². The molecule has 1 atom stereocenters. The summed E-state index contributed by atoms with van der Waals surface area (Å²) in [6, 6.07) is 0. The monoisotopic (exact) mass is 480 g/mol. The molecule has 174 valence electrons. The molecule has 0 bridgehead atoms. The maximum absolute atomic E-state index is 11.2. The Kier molecular flexibility index (Phi) is 36.9. The normalized spacial score (nSPS) is 11.7. The minimum absolute atomic E-state index is 0. The summed E-state index contributed by atoms with van der Waals surface area (Å²) >= 11 is 0. The fourth-order valence-electron chi connectivity index (χ4n) is 3.13. The second kappa shape index (κ2) is 29.1. The number of hydrogen-bond donors (Lipinski definition) is 1. The summed E-state index contributed by atoms with van der Waals surface area (Å²) in [7, 11) is -5.17. The van der Waals surface area contributed by atoms with Gasteiger partial charge in [-0.05, 0) is 38.5 Å². The van der Waals surface area contributed by atoms with Crippen LogP contribution in [0.3, 0.4) is 0 Å². The summed E-state index contributed by atoms with van der Waals surface area (Å²) in [5.41, 5.74) is 0. The van der Waals surface area contributed by atoms with E-state index in [1.165, 1.54) is 70.6 Å². The number of hydrogen-bond acceptors (Lipinski definition) is 5. The molecule has 31 heavy (non-hydrogen) atoms. The second-order valence-corrected chi connectivity index (χ2v) is 8.42. The van der Waals surface area contributed by atoms with E-state index in [4.69, 9.17) is 17.5 Å². The standard InChI is InChI=1S/C22H42O2.2Na.H2O4S/c1-3-5-7-8-9-10-11-12-13-14-15-16-17-18-20-21(22(23)24)19-6-4-2;;;1-5(2,3)4/h12-13,21H,3-11,14-20H2,1-2H3,(H,23,24);;;(H2,1,2,3,4)/q;2*+1;/p-2/b13-12-;;;. The van der Waals surface area contributed by atoms with E-state index in [1.54, 1.807) is 0 Å². The SMILES string of the molecule is CCCCCCCC/C=C\CCCCCCC(CCCC)C(=O)O.O=S(=O)([O-])[O-].[Na+].[Na+]. The first-order valence-corrected chi connectivity index (χ1v) is 12.6. The Morgan fingerprint density at radius 3 is 1.52 bits per heavy atom. The molecule has 0 radical (unpaired) electrons. The zero-order chi connectivity index (χ0) is 22.4. The minimum Gasteiger partial charge on any atom is -0.759 e. The van der Waals surface area contributed by atoms with Gasteiger partial charge in [-0.1, -0.05) is 90.2 Å². The van der Waals surface area contributed by atoms with Gasteiger partial charge in [0.05, 0.1) is 5.92 Å². The van der Waals surface area contributed by atoms with Gasteiger partial charge in [-0.2, -0.15) is 0 Å². The molecule has 0 rings (SSSR count). The van der Waals surface area contributed by atoms with E-state index >= 15 is 0 Å². The van der Waals surface area contributed by atoms with Crippen molar-refractivity contribution in [3.8, 4) is 0 Å². The van der Waals surface area contributed by atoms with Crippen LogP contribution in [0.5, 0.6) is 0 Å². The Labute approximate surface area is 235 Å². The third kappa shape index (κ3) is 41.8. The van der Waals surface area contributed by atoms with Gasteiger partial charge in [0.2, 0.25) is 0 Å². The van der Waals surface area contributed by atoms with Gasteiger partial charge < -0.3 is 14.2 Å². The van der Waals surface area contributed by atoms with Gasteiger partial charge in [-0.15, -0.1) is 0 Å². The van der Waals surface area contributed by atoms with Crippen molar-refractivity contribution in [1.82, 2.24) is 0 Å². The van der Waals surface area contributed by atoms with E-state index in [-0.39, 0.29) is 65.0 Å². The number of carboxylic acid groups (broad SMARTS) is 1. The van der Waals surface area contributed by atoms with Gasteiger partial charge in [-0.3, -0.25) is 13.2 Å². The molecule has 0 aromatic heterocycles. The Bertz CT molecular complexity index is 490. The van der Waals surface area contributed by atoms with Gasteiger partial charge in [-0.25, -0.2) is 0 Å². The van der Waals surface area contributed by atoms with Crippen molar-refractivity contribution in [3.05, 3.63) is 12.2 Å². The van der Waals surface area contributed by atoms with Crippen molar-refractivity contribution in [2.75, 3.05) is 0 Å². The van der Waals surface area contributed by atoms with Crippen molar-refractivity contribution in [2.45, 2.75) is 117 Å². The van der Waals surface area contributed by atoms with Gasteiger partial charge in [0.1, 0.15) is 0 Å². The molecule has 0 fully saturated rings. The molecule has 0 aliphatic carbocycles. The average Bonchev–Trinajstić information content (AvgIpc) is 2.62. The third-order valence-electron chi connectivity index (χ3n) is 4.82. The largest absolute Gasteiger partial charge is 1.00 e. The first kappa shape index (κ1) is 39.3. The van der Waals surface area contributed by atoms with Gasteiger partial charge in [0, 0.05) is 10.4 Å². The molecule has 0 aromatic rings. The summed E-state index contributed by atoms with van der Waals surface area (Å²) in [6.45, 7) is 4.39. The van der Waals surface area contributed by atoms with Crippen molar-refractivity contribution in [1.29, 1.82) is 0 Å². The predicted octanol–water partition coefficient (Wildman–Crippen LogP) is 0.195. The molecular weight excluding hydrogens is 438 g/mol. The van der Waals surface area contributed by atoms with Crippen molar-refractivity contribution in [2.24, 2.45) is 5.92 Å². The zero-order valence-electron chi connectivity index (χ0n) is 20.4. The van der Waals surface area contributed by atoms with Crippen molar-refractivity contribution < 1.29 is 86.5 Å². The van der Waals surface area contributed by atoms with Crippen molar-refractivity contribution in [3.63, 3.8) is 0 Å². The molecule has 0 amide bonds. The zero-order valence-corrected chi connectivity index (χ0v) is 25.3. The molecule has 1 unspecified atom stereocenters. The van der Waals surface area contributed by atoms with Crippen LogP contribution in [0, 0.1) is 5.92 Å². The predicted molar refractivity (Wildman–Crippen MR) is 116 cm³/mol. The number of unbranched alkanes of at least 4 members (excludes halogenated alkanes) is 11. The smallest absolute Gasteiger partial charge is 0.759 e. The molecule has 0 spiro atoms. The van der Waals surface area contributed by atoms with E-state index in [1.807, 2.05) is 0 Å². The van der Waals surface area contributed by atoms with Gasteiger partial charge in [0.25, 0.3) is 0 Å². The fraction of sp³-hybridized carbons (Fsp3) is 0.864. The van der Waals surface area contributed by atoms with Crippen LogP contribution < -0.4 is 59.1 Å². The van der Waals surface area contributed by atoms with Crippen LogP contribution in [0.4, 0.5) is 0 Å². The maximum Gasteiger partial charge on any atom is 1.00 e. The number of allylic oxidation sites excluding steroid dienone is 2. The van der Waals surface area contributed by atoms with E-state index in [9.17, 15) is 9.90 Å². The van der Waals surface area contributed by atoms with Crippen LogP contribution in [0.25, 0.3) is 0 Å². The van der Waals surface area contributed by atoms with Crippen LogP contribution in [-0.4, -0.2) is 28.6 Å². The minimum atomic E-state index is -5.17. The van der Waals surface area contributed by atoms with Gasteiger partial charge >= 0.3 is 65.1 Å². The van der Waals surface area contributed by atoms with E-state index in [0.717, 1.165) is 32.1 Å². The summed E-state index contributed by atoms with van der Waals surface area (Å²) in [4.78, 5) is 11.2. The first-order chi connectivity index (χ1) is 13.7. The molecule has 9 heteroatoms. The molecule has 6 nitrogen and oxygen atoms in total. The Balaban J connectivity index is -0.000000464. The molecule has 0 aliphatic rings. The molecule has 0 heterocycles. The Hall–Kier alpha value is 1.08. The van der Waals surface area contributed by atoms with E-state index in [0.29, 0.717) is 0 Å². The van der Waals surface area contributed by atoms with E-state index < -0.39 is 16.4 Å². The van der Waals surface area contributed by atoms with Crippen LogP contribution >= 0.6 is 0 Å². The summed E-state index contributed by atoms with van der Waals surface area (Å²) < 4.78 is 34.1. The summed E-state index contributed by atoms with van der Waals surface area (Å²) in [6.07, 6.45) is 24.0. The third-order valence-corrected chi connectivity index (χ3v) is 4.82. The Morgan fingerprint density at radius 1 is 0.742 bits per heavy atom. The molecule has 0 saturated heterocycles. The topological polar surface area (TPSA) is 118 Å². The quantitative estimate of drug-likeness (QED) is 0.0984. The molecular formula is C22H42Na2O6S. The van der Waals surface area contributed by atoms with Crippen LogP contribution in [0.15, 0.2) is 12.2 Å². The first-order valence-electron chi connectivity index (χ1n) is 11.3. The maximum atomic E-state index is 11.2. The van der Waals surface area contributed by atoms with Crippen molar-refractivity contribution >= 4 is 16.4 Å². The molecule has 0 aromatic carbocycles. The number of aliphatic carboxylic acids is 1. The summed E-state index contributed by atoms with van der Waals surface area (Å²) in [5.74, 6) is -0.705. The molecule has 0 aliphatic heterocycles. The van der Waals surface area contributed by atoms with E-state index in [2.05, 4.69) is 26.0 Å². The number of carbonyl (C=O) groups is 1. The van der Waals surface area contributed by atoms with Crippen LogP contribution in [-0.2, 0) is 15.2 Å². The van der Waals surface area contributed by atoms with Gasteiger partial charge in [0.15, 0.2) is 0 Å². The van der Waals surface area contributed by atoms with Crippen LogP contribution in [0.2, 0.25) is 0 Å². The molecule has 0 saturated carbocycles. The second-order valence-electron chi connectivity index (χ2n) is 7.61. The molecule has 1 N–H and O–H groups in total. The average molecular weight is 481 g/mol. The number of carboxylic acids is 1. The summed E-state index contributed by atoms with van der Waals surface area (Å²) in [5, 5.41) is 9.19. The Morgan fingerprint density at radius 2 is 1.10 bits per heavy atom. The fourth-order valence-corrected chi connectivity index (χ4v) is 3.13.